The highest BCUT2D eigenvalue weighted by molar-refractivity contribution is 4.97. The molecular formula is C11H16N4. The van der Waals surface area contributed by atoms with Gasteiger partial charge in [0.05, 0.1) is 24.3 Å². The molecule has 4 nitrogen and oxygen atoms in total. The molecule has 0 spiro atoms. The van der Waals surface area contributed by atoms with Crippen molar-refractivity contribution in [3.05, 3.63) is 0 Å². The van der Waals surface area contributed by atoms with Gasteiger partial charge in [0.15, 0.2) is 0 Å². The fourth-order valence-corrected chi connectivity index (χ4v) is 0.247. The van der Waals surface area contributed by atoms with E-state index in [4.69, 9.17) is 21.0 Å². The molecule has 0 saturated heterocycles. The van der Waals surface area contributed by atoms with E-state index in [-0.39, 0.29) is 6.42 Å². The minimum Gasteiger partial charge on any atom is -0.197 e. The van der Waals surface area contributed by atoms with Crippen LogP contribution in [0.1, 0.15) is 40.0 Å². The van der Waals surface area contributed by atoms with Crippen molar-refractivity contribution in [1.29, 1.82) is 21.0 Å². The van der Waals surface area contributed by atoms with Crippen LogP contribution in [0.5, 0.6) is 0 Å². The molecule has 0 amide bonds. The quantitative estimate of drug-likeness (QED) is 0.656. The van der Waals surface area contributed by atoms with E-state index in [2.05, 4.69) is 13.8 Å². The second-order valence-corrected chi connectivity index (χ2v) is 2.42. The van der Waals surface area contributed by atoms with Crippen LogP contribution in [0.3, 0.4) is 0 Å². The summed E-state index contributed by atoms with van der Waals surface area (Å²) in [6.45, 7) is 6.07. The lowest BCUT2D eigenvalue weighted by atomic mass is 10.1. The first-order chi connectivity index (χ1) is 7.17. The lowest BCUT2D eigenvalue weighted by Gasteiger charge is -1.84. The smallest absolute Gasteiger partial charge is 0.133 e. The summed E-state index contributed by atoms with van der Waals surface area (Å²) < 4.78 is 0. The summed E-state index contributed by atoms with van der Waals surface area (Å²) in [5.41, 5.74) is 0. The minimum absolute atomic E-state index is 0. The molecule has 0 atom stereocenters. The van der Waals surface area contributed by atoms with Gasteiger partial charge in [0.2, 0.25) is 0 Å². The van der Waals surface area contributed by atoms with E-state index in [1.165, 1.54) is 6.42 Å². The van der Waals surface area contributed by atoms with Gasteiger partial charge in [0.25, 0.3) is 0 Å². The van der Waals surface area contributed by atoms with Crippen LogP contribution in [0.2, 0.25) is 0 Å². The Bertz CT molecular complexity index is 243. The van der Waals surface area contributed by atoms with E-state index in [1.54, 1.807) is 12.1 Å². The van der Waals surface area contributed by atoms with Gasteiger partial charge in [0.1, 0.15) is 12.3 Å². The zero-order chi connectivity index (χ0) is 12.5. The van der Waals surface area contributed by atoms with Gasteiger partial charge in [-0.15, -0.1) is 0 Å². The van der Waals surface area contributed by atoms with Crippen molar-refractivity contribution in [2.75, 3.05) is 0 Å². The first kappa shape index (κ1) is 18.7. The molecule has 0 aliphatic rings. The number of hydrogen-bond acceptors (Lipinski definition) is 4. The molecule has 0 fully saturated rings. The van der Waals surface area contributed by atoms with Gasteiger partial charge < -0.3 is 0 Å². The second kappa shape index (κ2) is 22.7. The molecule has 80 valence electrons. The maximum atomic E-state index is 8.05. The maximum absolute atomic E-state index is 8.05. The van der Waals surface area contributed by atoms with E-state index in [0.717, 1.165) is 0 Å². The number of nitriles is 4. The summed E-state index contributed by atoms with van der Waals surface area (Å²) in [5, 5.41) is 31.3. The molecule has 0 aliphatic heterocycles. The largest absolute Gasteiger partial charge is 0.197 e. The molecule has 0 aromatic rings. The third kappa shape index (κ3) is 33.4. The van der Waals surface area contributed by atoms with Crippen LogP contribution in [0, 0.1) is 51.2 Å². The van der Waals surface area contributed by atoms with Crippen LogP contribution in [0.25, 0.3) is 0 Å². The summed E-state index contributed by atoms with van der Waals surface area (Å²) in [5.74, 6) is -0.403. The van der Waals surface area contributed by atoms with Crippen LogP contribution >= 0.6 is 0 Å². The first-order valence-corrected chi connectivity index (χ1v) is 4.71. The predicted molar refractivity (Wildman–Crippen MR) is 56.8 cm³/mol. The third-order valence-electron chi connectivity index (χ3n) is 0.878. The standard InChI is InChI=1S/C5H6N2.C3H2N2.C3H8/c1-2-5(3-6)4-7;4-2-1-3-5;1-3-2/h5H,2H2,1H3;1H2;3H2,1-2H3. The molecule has 0 saturated carbocycles. The zero-order valence-corrected chi connectivity index (χ0v) is 9.49. The summed E-state index contributed by atoms with van der Waals surface area (Å²) >= 11 is 0. The predicted octanol–water partition coefficient (Wildman–Crippen LogP) is 2.90. The van der Waals surface area contributed by atoms with Crippen LogP contribution < -0.4 is 0 Å². The molecule has 0 heterocycles. The Morgan fingerprint density at radius 3 is 1.20 bits per heavy atom. The van der Waals surface area contributed by atoms with E-state index in [1.807, 2.05) is 19.1 Å². The van der Waals surface area contributed by atoms with Crippen LogP contribution in [0.15, 0.2) is 0 Å². The van der Waals surface area contributed by atoms with E-state index in [9.17, 15) is 0 Å². The number of nitrogens with zero attached hydrogens (tertiary/aromatic N) is 4. The van der Waals surface area contributed by atoms with Crippen molar-refractivity contribution >= 4 is 0 Å². The molecule has 0 aromatic heterocycles. The molecular weight excluding hydrogens is 188 g/mol. The van der Waals surface area contributed by atoms with E-state index >= 15 is 0 Å². The Balaban J connectivity index is -0.000000158. The fraction of sp³-hybridized carbons (Fsp3) is 0.636. The van der Waals surface area contributed by atoms with Gasteiger partial charge in [-0.25, -0.2) is 0 Å². The normalized spacial score (nSPS) is 6.13. The Hall–Kier alpha value is -2.04. The lowest BCUT2D eigenvalue weighted by Crippen LogP contribution is -1.86. The lowest BCUT2D eigenvalue weighted by molar-refractivity contribution is 0.802. The van der Waals surface area contributed by atoms with Gasteiger partial charge in [-0.2, -0.15) is 21.0 Å². The SMILES string of the molecule is CCC.CCC(C#N)C#N.N#CCC#N. The topological polar surface area (TPSA) is 95.2 Å². The highest BCUT2D eigenvalue weighted by Crippen LogP contribution is 1.94. The van der Waals surface area contributed by atoms with E-state index < -0.39 is 5.92 Å². The van der Waals surface area contributed by atoms with Crippen molar-refractivity contribution in [2.24, 2.45) is 5.92 Å². The van der Waals surface area contributed by atoms with Crippen LogP contribution in [-0.2, 0) is 0 Å². The summed E-state index contributed by atoms with van der Waals surface area (Å²) in [6, 6.07) is 6.99. The van der Waals surface area contributed by atoms with Gasteiger partial charge in [-0.1, -0.05) is 27.2 Å². The van der Waals surface area contributed by atoms with Crippen molar-refractivity contribution in [3.8, 4) is 24.3 Å². The van der Waals surface area contributed by atoms with Crippen molar-refractivity contribution in [1.82, 2.24) is 0 Å². The molecule has 4 heteroatoms. The Morgan fingerprint density at radius 1 is 0.867 bits per heavy atom. The van der Waals surface area contributed by atoms with Crippen molar-refractivity contribution < 1.29 is 0 Å². The van der Waals surface area contributed by atoms with Crippen molar-refractivity contribution in [3.63, 3.8) is 0 Å². The molecule has 0 aliphatic carbocycles. The van der Waals surface area contributed by atoms with Gasteiger partial charge in [-0.3, -0.25) is 0 Å². The number of rotatable bonds is 1. The van der Waals surface area contributed by atoms with E-state index in [0.29, 0.717) is 6.42 Å². The summed E-state index contributed by atoms with van der Waals surface area (Å²) in [7, 11) is 0. The first-order valence-electron chi connectivity index (χ1n) is 4.71. The van der Waals surface area contributed by atoms with Crippen LogP contribution in [-0.4, -0.2) is 0 Å². The average Bonchev–Trinajstić information content (AvgIpc) is 2.24. The monoisotopic (exact) mass is 204 g/mol. The number of hydrogen-bond donors (Lipinski definition) is 0. The molecule has 0 unspecified atom stereocenters. The second-order valence-electron chi connectivity index (χ2n) is 2.42. The third-order valence-corrected chi connectivity index (χ3v) is 0.878. The van der Waals surface area contributed by atoms with Crippen molar-refractivity contribution in [2.45, 2.75) is 40.0 Å². The van der Waals surface area contributed by atoms with Gasteiger partial charge in [-0.05, 0) is 6.42 Å². The van der Waals surface area contributed by atoms with Crippen LogP contribution in [0.4, 0.5) is 0 Å². The molecule has 0 radical (unpaired) electrons. The zero-order valence-electron chi connectivity index (χ0n) is 9.49. The minimum atomic E-state index is -0.403. The Labute approximate surface area is 92.0 Å². The summed E-state index contributed by atoms with van der Waals surface area (Å²) in [6.07, 6.45) is 1.88. The molecule has 0 aromatic carbocycles. The molecule has 0 bridgehead atoms. The summed E-state index contributed by atoms with van der Waals surface area (Å²) in [4.78, 5) is 0. The maximum Gasteiger partial charge on any atom is 0.133 e. The average molecular weight is 204 g/mol. The van der Waals surface area contributed by atoms with Gasteiger partial charge in [0, 0.05) is 0 Å². The Morgan fingerprint density at radius 2 is 1.20 bits per heavy atom. The molecule has 0 N–H and O–H groups in total. The highest BCUT2D eigenvalue weighted by atomic mass is 14.3. The Kier molecular flexibility index (Phi) is 28.2. The van der Waals surface area contributed by atoms with Gasteiger partial charge >= 0.3 is 0 Å². The molecule has 15 heavy (non-hydrogen) atoms. The molecule has 0 rings (SSSR count). The highest BCUT2D eigenvalue weighted by Gasteiger charge is 1.96. The fourth-order valence-electron chi connectivity index (χ4n) is 0.247.